The lowest BCUT2D eigenvalue weighted by molar-refractivity contribution is 0.0820. The van der Waals surface area contributed by atoms with Crippen LogP contribution in [-0.2, 0) is 25.9 Å². The predicted octanol–water partition coefficient (Wildman–Crippen LogP) is 3.07. The number of hydrogen-bond acceptors (Lipinski definition) is 3. The molecule has 1 atom stereocenters. The number of fused-ring (bicyclic) bond motifs is 1. The number of benzene rings is 1. The van der Waals surface area contributed by atoms with Gasteiger partial charge in [-0.05, 0) is 30.9 Å². The van der Waals surface area contributed by atoms with Crippen molar-refractivity contribution < 1.29 is 4.79 Å². The van der Waals surface area contributed by atoms with Crippen LogP contribution in [0.15, 0.2) is 36.9 Å². The maximum atomic E-state index is 12.6. The SMILES string of the molecule is C=CCn1nc(C(=O)N(C)C)c2c1CCC(NCc1ccccc1Cl)C2. The van der Waals surface area contributed by atoms with Crippen LogP contribution in [0, 0.1) is 0 Å². The van der Waals surface area contributed by atoms with Crippen molar-refractivity contribution in [3.05, 3.63) is 64.5 Å². The fourth-order valence-electron chi connectivity index (χ4n) is 3.41. The summed E-state index contributed by atoms with van der Waals surface area (Å²) in [6.07, 6.45) is 4.53. The fourth-order valence-corrected chi connectivity index (χ4v) is 3.62. The molecule has 5 nitrogen and oxygen atoms in total. The Morgan fingerprint density at radius 1 is 1.46 bits per heavy atom. The molecule has 26 heavy (non-hydrogen) atoms. The molecule has 1 aromatic heterocycles. The molecule has 2 aromatic rings. The van der Waals surface area contributed by atoms with Crippen molar-refractivity contribution >= 4 is 17.5 Å². The second kappa shape index (κ2) is 8.06. The number of allylic oxidation sites excluding steroid dienone is 1. The van der Waals surface area contributed by atoms with Gasteiger partial charge in [0.05, 0.1) is 6.54 Å². The van der Waals surface area contributed by atoms with Crippen LogP contribution < -0.4 is 5.32 Å². The summed E-state index contributed by atoms with van der Waals surface area (Å²) >= 11 is 6.25. The van der Waals surface area contributed by atoms with E-state index in [1.54, 1.807) is 19.0 Å². The molecule has 0 radical (unpaired) electrons. The molecule has 0 fully saturated rings. The molecule has 0 saturated carbocycles. The maximum absolute atomic E-state index is 12.6. The first-order chi connectivity index (χ1) is 12.5. The molecular weight excluding hydrogens is 348 g/mol. The summed E-state index contributed by atoms with van der Waals surface area (Å²) in [7, 11) is 3.52. The van der Waals surface area contributed by atoms with Crippen molar-refractivity contribution in [3.8, 4) is 0 Å². The first-order valence-electron chi connectivity index (χ1n) is 8.89. The number of nitrogens with one attached hydrogen (secondary N) is 1. The lowest BCUT2D eigenvalue weighted by Crippen LogP contribution is -2.35. The monoisotopic (exact) mass is 372 g/mol. The minimum absolute atomic E-state index is 0.0455. The van der Waals surface area contributed by atoms with Crippen LogP contribution in [0.3, 0.4) is 0 Å². The summed E-state index contributed by atoms with van der Waals surface area (Å²) in [6.45, 7) is 5.14. The van der Waals surface area contributed by atoms with Crippen LogP contribution in [-0.4, -0.2) is 40.7 Å². The van der Waals surface area contributed by atoms with E-state index in [9.17, 15) is 4.79 Å². The van der Waals surface area contributed by atoms with Crippen molar-refractivity contribution in [2.45, 2.75) is 38.4 Å². The topological polar surface area (TPSA) is 50.2 Å². The molecule has 0 saturated heterocycles. The zero-order valence-electron chi connectivity index (χ0n) is 15.3. The summed E-state index contributed by atoms with van der Waals surface area (Å²) in [4.78, 5) is 14.1. The Bertz CT molecular complexity index is 812. The number of amides is 1. The van der Waals surface area contributed by atoms with Gasteiger partial charge in [0.15, 0.2) is 5.69 Å². The molecule has 6 heteroatoms. The molecule has 1 aliphatic carbocycles. The largest absolute Gasteiger partial charge is 0.343 e. The quantitative estimate of drug-likeness (QED) is 0.793. The third-order valence-electron chi connectivity index (χ3n) is 4.80. The highest BCUT2D eigenvalue weighted by Gasteiger charge is 2.29. The summed E-state index contributed by atoms with van der Waals surface area (Å²) < 4.78 is 1.92. The Morgan fingerprint density at radius 2 is 2.23 bits per heavy atom. The Morgan fingerprint density at radius 3 is 2.92 bits per heavy atom. The van der Waals surface area contributed by atoms with Gasteiger partial charge < -0.3 is 10.2 Å². The van der Waals surface area contributed by atoms with Gasteiger partial charge in [-0.15, -0.1) is 6.58 Å². The molecule has 1 aliphatic rings. The third-order valence-corrected chi connectivity index (χ3v) is 5.17. The van der Waals surface area contributed by atoms with E-state index in [0.717, 1.165) is 47.7 Å². The standard InChI is InChI=1S/C20H25ClN4O/c1-4-11-25-18-10-9-15(22-13-14-7-5-6-8-17(14)21)12-16(18)19(23-25)20(26)24(2)3/h4-8,15,22H,1,9-13H2,2-3H3. The van der Waals surface area contributed by atoms with Crippen molar-refractivity contribution in [2.24, 2.45) is 0 Å². The zero-order chi connectivity index (χ0) is 18.7. The molecule has 0 spiro atoms. The Balaban J connectivity index is 1.79. The van der Waals surface area contributed by atoms with Gasteiger partial charge in [-0.1, -0.05) is 35.9 Å². The molecule has 1 unspecified atom stereocenters. The third kappa shape index (κ3) is 3.84. The average Bonchev–Trinajstić information content (AvgIpc) is 2.98. The lowest BCUT2D eigenvalue weighted by Gasteiger charge is -2.25. The van der Waals surface area contributed by atoms with E-state index in [2.05, 4.69) is 17.0 Å². The molecule has 0 bridgehead atoms. The Hall–Kier alpha value is -2.11. The molecule has 1 aromatic carbocycles. The van der Waals surface area contributed by atoms with Crippen LogP contribution in [0.5, 0.6) is 0 Å². The molecule has 3 rings (SSSR count). The summed E-state index contributed by atoms with van der Waals surface area (Å²) in [5.74, 6) is -0.0455. The van der Waals surface area contributed by atoms with Crippen molar-refractivity contribution in [2.75, 3.05) is 14.1 Å². The summed E-state index contributed by atoms with van der Waals surface area (Å²) in [5.41, 5.74) is 3.88. The van der Waals surface area contributed by atoms with Crippen molar-refractivity contribution in [1.82, 2.24) is 20.0 Å². The van der Waals surface area contributed by atoms with Gasteiger partial charge in [0, 0.05) is 43.0 Å². The van der Waals surface area contributed by atoms with Gasteiger partial charge in [-0.25, -0.2) is 0 Å². The van der Waals surface area contributed by atoms with E-state index in [-0.39, 0.29) is 5.91 Å². The highest BCUT2D eigenvalue weighted by molar-refractivity contribution is 6.31. The molecule has 1 N–H and O–H groups in total. The first-order valence-corrected chi connectivity index (χ1v) is 9.27. The van der Waals surface area contributed by atoms with Gasteiger partial charge >= 0.3 is 0 Å². The van der Waals surface area contributed by atoms with E-state index in [4.69, 9.17) is 11.6 Å². The second-order valence-electron chi connectivity index (χ2n) is 6.86. The predicted molar refractivity (Wildman–Crippen MR) is 105 cm³/mol. The second-order valence-corrected chi connectivity index (χ2v) is 7.26. The maximum Gasteiger partial charge on any atom is 0.274 e. The van der Waals surface area contributed by atoms with Gasteiger partial charge in [0.1, 0.15) is 0 Å². The number of hydrogen-bond donors (Lipinski definition) is 1. The minimum Gasteiger partial charge on any atom is -0.343 e. The van der Waals surface area contributed by atoms with Gasteiger partial charge in [0.25, 0.3) is 5.91 Å². The molecular formula is C20H25ClN4O. The van der Waals surface area contributed by atoms with Crippen LogP contribution in [0.4, 0.5) is 0 Å². The number of halogens is 1. The van der Waals surface area contributed by atoms with E-state index in [0.29, 0.717) is 18.3 Å². The van der Waals surface area contributed by atoms with E-state index < -0.39 is 0 Å². The Kier molecular flexibility index (Phi) is 5.79. The number of nitrogens with zero attached hydrogens (tertiary/aromatic N) is 3. The van der Waals surface area contributed by atoms with Crippen molar-refractivity contribution in [1.29, 1.82) is 0 Å². The lowest BCUT2D eigenvalue weighted by atomic mass is 9.91. The van der Waals surface area contributed by atoms with Gasteiger partial charge in [-0.2, -0.15) is 5.10 Å². The number of carbonyl (C=O) groups excluding carboxylic acids is 1. The minimum atomic E-state index is -0.0455. The van der Waals surface area contributed by atoms with Gasteiger partial charge in [0.2, 0.25) is 0 Å². The van der Waals surface area contributed by atoms with E-state index in [1.165, 1.54) is 0 Å². The van der Waals surface area contributed by atoms with E-state index in [1.807, 2.05) is 35.0 Å². The average molecular weight is 373 g/mol. The highest BCUT2D eigenvalue weighted by Crippen LogP contribution is 2.26. The van der Waals surface area contributed by atoms with Crippen molar-refractivity contribution in [3.63, 3.8) is 0 Å². The van der Waals surface area contributed by atoms with E-state index >= 15 is 0 Å². The van der Waals surface area contributed by atoms with Crippen LogP contribution in [0.2, 0.25) is 5.02 Å². The highest BCUT2D eigenvalue weighted by atomic mass is 35.5. The molecule has 1 heterocycles. The normalized spacial score (nSPS) is 16.2. The summed E-state index contributed by atoms with van der Waals surface area (Å²) in [6, 6.07) is 8.17. The zero-order valence-corrected chi connectivity index (χ0v) is 16.1. The number of carbonyl (C=O) groups is 1. The summed E-state index contributed by atoms with van der Waals surface area (Å²) in [5, 5.41) is 8.94. The van der Waals surface area contributed by atoms with Gasteiger partial charge in [-0.3, -0.25) is 9.48 Å². The van der Waals surface area contributed by atoms with Crippen LogP contribution >= 0.6 is 11.6 Å². The van der Waals surface area contributed by atoms with Crippen LogP contribution in [0.25, 0.3) is 0 Å². The Labute approximate surface area is 159 Å². The number of rotatable bonds is 6. The smallest absolute Gasteiger partial charge is 0.274 e. The molecule has 1 amide bonds. The van der Waals surface area contributed by atoms with Crippen LogP contribution in [0.1, 0.15) is 33.7 Å². The fraction of sp³-hybridized carbons (Fsp3) is 0.400. The number of aromatic nitrogens is 2. The molecule has 138 valence electrons. The molecule has 0 aliphatic heterocycles. The first kappa shape index (κ1) is 18.7.